The van der Waals surface area contributed by atoms with E-state index in [1.807, 2.05) is 12.1 Å². The van der Waals surface area contributed by atoms with E-state index in [4.69, 9.17) is 0 Å². The fraction of sp³-hybridized carbons (Fsp3) is 0.476. The van der Waals surface area contributed by atoms with Gasteiger partial charge in [-0.2, -0.15) is 0 Å². The Hall–Kier alpha value is -2.87. The van der Waals surface area contributed by atoms with E-state index in [0.29, 0.717) is 25.3 Å². The van der Waals surface area contributed by atoms with E-state index in [1.54, 1.807) is 23.5 Å². The molecule has 1 N–H and O–H groups in total. The largest absolute Gasteiger partial charge is 0.352 e. The van der Waals surface area contributed by atoms with Gasteiger partial charge in [0.15, 0.2) is 0 Å². The molecule has 0 unspecified atom stereocenters. The molecule has 3 heterocycles. The molecule has 2 aromatic heterocycles. The maximum atomic E-state index is 12.9. The smallest absolute Gasteiger partial charge is 0.274 e. The first-order valence-electron chi connectivity index (χ1n) is 10.2. The summed E-state index contributed by atoms with van der Waals surface area (Å²) in [5.41, 5.74) is 1.30. The van der Waals surface area contributed by atoms with Gasteiger partial charge in [0.2, 0.25) is 5.91 Å². The number of aromatic nitrogens is 3. The number of piperidine rings is 1. The molecule has 0 aromatic carbocycles. The van der Waals surface area contributed by atoms with Crippen LogP contribution >= 0.6 is 0 Å². The van der Waals surface area contributed by atoms with Crippen LogP contribution in [-0.2, 0) is 11.3 Å². The number of nitrogens with one attached hydrogen (secondary N) is 1. The van der Waals surface area contributed by atoms with Crippen LogP contribution in [0.2, 0.25) is 0 Å². The Balaban J connectivity index is 1.53. The Morgan fingerprint density at radius 2 is 1.79 bits per heavy atom. The maximum absolute atomic E-state index is 12.9. The molecule has 2 aromatic rings. The predicted octanol–water partition coefficient (Wildman–Crippen LogP) is 1.51. The van der Waals surface area contributed by atoms with Gasteiger partial charge in [0.1, 0.15) is 5.69 Å². The topological polar surface area (TPSA) is 91.3 Å². The second-order valence-corrected chi connectivity index (χ2v) is 7.17. The van der Waals surface area contributed by atoms with Crippen LogP contribution in [0.5, 0.6) is 0 Å². The van der Waals surface area contributed by atoms with Crippen LogP contribution in [0, 0.1) is 0 Å². The van der Waals surface area contributed by atoms with E-state index in [9.17, 15) is 9.59 Å². The highest BCUT2D eigenvalue weighted by Crippen LogP contribution is 2.09. The fourth-order valence-electron chi connectivity index (χ4n) is 3.36. The van der Waals surface area contributed by atoms with Gasteiger partial charge in [-0.15, -0.1) is 0 Å². The number of hydrogen-bond donors (Lipinski definition) is 1. The van der Waals surface area contributed by atoms with Gasteiger partial charge in [0, 0.05) is 57.4 Å². The van der Waals surface area contributed by atoms with Crippen LogP contribution in [0.3, 0.4) is 0 Å². The summed E-state index contributed by atoms with van der Waals surface area (Å²) >= 11 is 0. The zero-order valence-electron chi connectivity index (χ0n) is 16.7. The minimum atomic E-state index is -0.183. The van der Waals surface area contributed by atoms with E-state index < -0.39 is 0 Å². The van der Waals surface area contributed by atoms with Gasteiger partial charge in [-0.3, -0.25) is 19.6 Å². The SMILES string of the molecule is O=C(CCN(CCN1CCCCC1)C(=O)c1cnccn1)NCc1ccncc1. The van der Waals surface area contributed by atoms with Crippen molar-refractivity contribution in [1.29, 1.82) is 0 Å². The van der Waals surface area contributed by atoms with Crippen LogP contribution in [0.4, 0.5) is 0 Å². The lowest BCUT2D eigenvalue weighted by Gasteiger charge is -2.30. The molecule has 0 aliphatic carbocycles. The molecule has 1 fully saturated rings. The molecule has 0 spiro atoms. The average Bonchev–Trinajstić information content (AvgIpc) is 2.79. The number of rotatable bonds is 9. The van der Waals surface area contributed by atoms with Crippen molar-refractivity contribution in [3.63, 3.8) is 0 Å². The van der Waals surface area contributed by atoms with E-state index in [2.05, 4.69) is 25.2 Å². The summed E-state index contributed by atoms with van der Waals surface area (Å²) in [6, 6.07) is 3.73. The van der Waals surface area contributed by atoms with Crippen molar-refractivity contribution in [2.24, 2.45) is 0 Å². The van der Waals surface area contributed by atoms with Gasteiger partial charge in [-0.05, 0) is 43.6 Å². The monoisotopic (exact) mass is 396 g/mol. The third kappa shape index (κ3) is 6.90. The number of likely N-dealkylation sites (tertiary alicyclic amines) is 1. The van der Waals surface area contributed by atoms with Crippen molar-refractivity contribution < 1.29 is 9.59 Å². The summed E-state index contributed by atoms with van der Waals surface area (Å²) < 4.78 is 0. The molecular formula is C21H28N6O2. The first-order valence-corrected chi connectivity index (χ1v) is 10.2. The molecular weight excluding hydrogens is 368 g/mol. The maximum Gasteiger partial charge on any atom is 0.274 e. The molecule has 1 aliphatic heterocycles. The van der Waals surface area contributed by atoms with Crippen molar-refractivity contribution >= 4 is 11.8 Å². The molecule has 0 atom stereocenters. The van der Waals surface area contributed by atoms with E-state index >= 15 is 0 Å². The normalized spacial score (nSPS) is 14.3. The summed E-state index contributed by atoms with van der Waals surface area (Å²) in [5, 5.41) is 2.90. The van der Waals surface area contributed by atoms with E-state index in [1.165, 1.54) is 31.7 Å². The molecule has 154 valence electrons. The number of carbonyl (C=O) groups excluding carboxylic acids is 2. The molecule has 0 bridgehead atoms. The van der Waals surface area contributed by atoms with Crippen molar-refractivity contribution in [3.05, 3.63) is 54.4 Å². The van der Waals surface area contributed by atoms with Crippen molar-refractivity contribution in [1.82, 2.24) is 30.1 Å². The van der Waals surface area contributed by atoms with Crippen molar-refractivity contribution in [3.8, 4) is 0 Å². The molecule has 2 amide bonds. The average molecular weight is 396 g/mol. The third-order valence-electron chi connectivity index (χ3n) is 5.05. The molecule has 0 radical (unpaired) electrons. The highest BCUT2D eigenvalue weighted by molar-refractivity contribution is 5.92. The number of pyridine rings is 1. The highest BCUT2D eigenvalue weighted by Gasteiger charge is 2.20. The Labute approximate surface area is 171 Å². The summed E-state index contributed by atoms with van der Waals surface area (Å²) in [5.74, 6) is -0.270. The minimum absolute atomic E-state index is 0.0864. The molecule has 0 saturated carbocycles. The predicted molar refractivity (Wildman–Crippen MR) is 109 cm³/mol. The van der Waals surface area contributed by atoms with Gasteiger partial charge in [0.05, 0.1) is 6.20 Å². The molecule has 8 heteroatoms. The summed E-state index contributed by atoms with van der Waals surface area (Å²) in [4.78, 5) is 41.3. The third-order valence-corrected chi connectivity index (χ3v) is 5.05. The second kappa shape index (κ2) is 11.2. The number of carbonyl (C=O) groups is 2. The summed E-state index contributed by atoms with van der Waals surface area (Å²) in [6.07, 6.45) is 11.9. The zero-order chi connectivity index (χ0) is 20.3. The lowest BCUT2D eigenvalue weighted by atomic mass is 10.1. The zero-order valence-corrected chi connectivity index (χ0v) is 16.7. The minimum Gasteiger partial charge on any atom is -0.352 e. The Kier molecular flexibility index (Phi) is 8.06. The quantitative estimate of drug-likeness (QED) is 0.691. The molecule has 29 heavy (non-hydrogen) atoms. The standard InChI is InChI=1S/C21H28N6O2/c28-20(25-16-18-4-7-22-8-5-18)6-13-27(15-14-26-11-2-1-3-12-26)21(29)19-17-23-9-10-24-19/h4-5,7-10,17H,1-3,6,11-16H2,(H,25,28). The van der Waals surface area contributed by atoms with Crippen LogP contribution in [-0.4, -0.2) is 69.3 Å². The summed E-state index contributed by atoms with van der Waals surface area (Å²) in [6.45, 7) is 4.33. The highest BCUT2D eigenvalue weighted by atomic mass is 16.2. The number of amides is 2. The van der Waals surface area contributed by atoms with Gasteiger partial charge < -0.3 is 15.1 Å². The van der Waals surface area contributed by atoms with E-state index in [0.717, 1.165) is 25.2 Å². The first-order chi connectivity index (χ1) is 14.2. The molecule has 1 aliphatic rings. The Bertz CT molecular complexity index is 765. The lowest BCUT2D eigenvalue weighted by molar-refractivity contribution is -0.121. The van der Waals surface area contributed by atoms with Crippen LogP contribution < -0.4 is 5.32 Å². The van der Waals surface area contributed by atoms with Crippen LogP contribution in [0.25, 0.3) is 0 Å². The van der Waals surface area contributed by atoms with Gasteiger partial charge >= 0.3 is 0 Å². The van der Waals surface area contributed by atoms with Crippen LogP contribution in [0.15, 0.2) is 43.1 Å². The summed E-state index contributed by atoms with van der Waals surface area (Å²) in [7, 11) is 0. The molecule has 1 saturated heterocycles. The number of hydrogen-bond acceptors (Lipinski definition) is 6. The van der Waals surface area contributed by atoms with Gasteiger partial charge in [-0.1, -0.05) is 6.42 Å². The van der Waals surface area contributed by atoms with E-state index in [-0.39, 0.29) is 18.2 Å². The number of nitrogens with zero attached hydrogens (tertiary/aromatic N) is 5. The lowest BCUT2D eigenvalue weighted by Crippen LogP contribution is -2.42. The van der Waals surface area contributed by atoms with Crippen molar-refractivity contribution in [2.45, 2.75) is 32.2 Å². The first kappa shape index (κ1) is 20.9. The molecule has 3 rings (SSSR count). The van der Waals surface area contributed by atoms with Crippen molar-refractivity contribution in [2.75, 3.05) is 32.7 Å². The Morgan fingerprint density at radius 1 is 1.00 bits per heavy atom. The molecule has 8 nitrogen and oxygen atoms in total. The van der Waals surface area contributed by atoms with Crippen LogP contribution in [0.1, 0.15) is 41.7 Å². The van der Waals surface area contributed by atoms with Gasteiger partial charge in [-0.25, -0.2) is 4.98 Å². The van der Waals surface area contributed by atoms with Gasteiger partial charge in [0.25, 0.3) is 5.91 Å². The fourth-order valence-corrected chi connectivity index (χ4v) is 3.36. The second-order valence-electron chi connectivity index (χ2n) is 7.17. The Morgan fingerprint density at radius 3 is 2.52 bits per heavy atom.